The van der Waals surface area contributed by atoms with E-state index in [-0.39, 0.29) is 0 Å². The Balaban J connectivity index is 5.05. The number of amides is 5. The number of carbonyl (C=O) groups is 5. The molecule has 27 heavy (non-hydrogen) atoms. The van der Waals surface area contributed by atoms with Crippen molar-refractivity contribution in [2.24, 2.45) is 11.5 Å². The van der Waals surface area contributed by atoms with Crippen LogP contribution in [-0.2, 0) is 19.2 Å². The number of hydrogen-bond acceptors (Lipinski definition) is 8. The Hall–Kier alpha value is -2.97. The van der Waals surface area contributed by atoms with E-state index < -0.39 is 67.0 Å². The smallest absolute Gasteiger partial charge is 0.328 e. The first-order valence-electron chi connectivity index (χ1n) is 7.61. The lowest BCUT2D eigenvalue weighted by molar-refractivity contribution is -0.143. The van der Waals surface area contributed by atoms with Gasteiger partial charge in [0.15, 0.2) is 6.04 Å². The number of nitrogens with zero attached hydrogens (tertiary/aromatic N) is 1. The first-order valence-corrected chi connectivity index (χ1v) is 7.61. The molecule has 5 amide bonds. The minimum Gasteiger partial charge on any atom is -0.480 e. The number of primary amides is 1. The molecule has 0 aliphatic carbocycles. The molecule has 0 spiro atoms. The molecule has 4 atom stereocenters. The van der Waals surface area contributed by atoms with Crippen molar-refractivity contribution in [3.05, 3.63) is 0 Å². The van der Waals surface area contributed by atoms with Crippen molar-refractivity contribution < 1.29 is 39.3 Å². The summed E-state index contributed by atoms with van der Waals surface area (Å²) in [5, 5.41) is 31.4. The van der Waals surface area contributed by atoms with E-state index in [0.29, 0.717) is 5.01 Å². The topological polar surface area (TPSA) is 237 Å². The van der Waals surface area contributed by atoms with E-state index in [9.17, 15) is 29.1 Å². The highest BCUT2D eigenvalue weighted by molar-refractivity contribution is 5.93. The third-order valence-corrected chi connectivity index (χ3v) is 3.23. The molecule has 0 aliphatic rings. The Morgan fingerprint density at radius 3 is 2.04 bits per heavy atom. The fourth-order valence-corrected chi connectivity index (χ4v) is 1.68. The molecule has 0 bridgehead atoms. The molecule has 0 saturated heterocycles. The summed E-state index contributed by atoms with van der Waals surface area (Å²) < 4.78 is 0. The van der Waals surface area contributed by atoms with Crippen molar-refractivity contribution in [1.29, 1.82) is 0 Å². The van der Waals surface area contributed by atoms with E-state index in [1.807, 2.05) is 10.6 Å². The third kappa shape index (κ3) is 8.30. The standard InChI is InChI=1S/C13H24N6O8/c1-5(21)9(15)11(24)19(2)18-10(23)6(3-8(14)22)16-13(27)17-7(4-20)12(25)26/h5-7,9,20-21H,3-4,15H2,1-2H3,(H2,14,22)(H,18,23)(H,25,26)(H2,16,17,27). The molecule has 0 aromatic heterocycles. The van der Waals surface area contributed by atoms with E-state index >= 15 is 0 Å². The van der Waals surface area contributed by atoms with Crippen LogP contribution in [0.5, 0.6) is 0 Å². The molecule has 14 nitrogen and oxygen atoms in total. The zero-order valence-corrected chi connectivity index (χ0v) is 14.7. The second kappa shape index (κ2) is 10.9. The normalized spacial score (nSPS) is 14.9. The first-order chi connectivity index (χ1) is 12.4. The van der Waals surface area contributed by atoms with Gasteiger partial charge in [-0.25, -0.2) is 9.59 Å². The quantitative estimate of drug-likeness (QED) is 0.175. The van der Waals surface area contributed by atoms with Gasteiger partial charge in [0.25, 0.3) is 11.8 Å². The Bertz CT molecular complexity index is 583. The van der Waals surface area contributed by atoms with Crippen LogP contribution in [0.2, 0.25) is 0 Å². The maximum Gasteiger partial charge on any atom is 0.328 e. The summed E-state index contributed by atoms with van der Waals surface area (Å²) in [6, 6.07) is -5.71. The fourth-order valence-electron chi connectivity index (χ4n) is 1.68. The minimum absolute atomic E-state index is 0.654. The Morgan fingerprint density at radius 2 is 1.63 bits per heavy atom. The molecule has 0 fully saturated rings. The number of likely N-dealkylation sites (N-methyl/N-ethyl adjacent to an activating group) is 1. The SMILES string of the molecule is CC(O)C(N)C(=O)N(C)NC(=O)C(CC(N)=O)NC(=O)NC(CO)C(=O)O. The van der Waals surface area contributed by atoms with E-state index in [2.05, 4.69) is 5.43 Å². The third-order valence-electron chi connectivity index (χ3n) is 3.23. The summed E-state index contributed by atoms with van der Waals surface area (Å²) >= 11 is 0. The van der Waals surface area contributed by atoms with Crippen LogP contribution in [0, 0.1) is 0 Å². The van der Waals surface area contributed by atoms with Crippen LogP contribution < -0.4 is 27.5 Å². The summed E-state index contributed by atoms with van der Waals surface area (Å²) in [7, 11) is 1.12. The summed E-state index contributed by atoms with van der Waals surface area (Å²) in [5.41, 5.74) is 12.5. The predicted molar refractivity (Wildman–Crippen MR) is 88.3 cm³/mol. The van der Waals surface area contributed by atoms with E-state index in [4.69, 9.17) is 21.7 Å². The predicted octanol–water partition coefficient (Wildman–Crippen LogP) is -4.83. The van der Waals surface area contributed by atoms with Crippen LogP contribution in [-0.4, -0.2) is 87.9 Å². The number of hydrogen-bond donors (Lipinski definition) is 8. The number of nitrogens with one attached hydrogen (secondary N) is 3. The molecule has 4 unspecified atom stereocenters. The van der Waals surface area contributed by atoms with Gasteiger partial charge in [-0.1, -0.05) is 0 Å². The lowest BCUT2D eigenvalue weighted by atomic mass is 10.2. The highest BCUT2D eigenvalue weighted by Gasteiger charge is 2.29. The number of hydrazine groups is 1. The van der Waals surface area contributed by atoms with Crippen LogP contribution in [0.15, 0.2) is 0 Å². The number of aliphatic hydroxyl groups is 2. The average Bonchev–Trinajstić information content (AvgIpc) is 2.56. The Morgan fingerprint density at radius 1 is 1.11 bits per heavy atom. The van der Waals surface area contributed by atoms with Crippen LogP contribution in [0.1, 0.15) is 13.3 Å². The summed E-state index contributed by atoms with van der Waals surface area (Å²) in [6.45, 7) is 0.351. The first kappa shape index (κ1) is 24.0. The number of rotatable bonds is 9. The van der Waals surface area contributed by atoms with Crippen molar-refractivity contribution >= 4 is 29.7 Å². The van der Waals surface area contributed by atoms with Gasteiger partial charge in [0.2, 0.25) is 5.91 Å². The van der Waals surface area contributed by atoms with Gasteiger partial charge in [0.1, 0.15) is 12.1 Å². The Kier molecular flexibility index (Phi) is 9.70. The van der Waals surface area contributed by atoms with Gasteiger partial charge in [-0.3, -0.25) is 24.8 Å². The molecule has 0 saturated carbocycles. The lowest BCUT2D eigenvalue weighted by Gasteiger charge is -2.26. The number of carbonyl (C=O) groups excluding carboxylic acids is 4. The number of aliphatic carboxylic acids is 1. The molecule has 10 N–H and O–H groups in total. The van der Waals surface area contributed by atoms with Gasteiger partial charge in [0, 0.05) is 7.05 Å². The largest absolute Gasteiger partial charge is 0.480 e. The van der Waals surface area contributed by atoms with E-state index in [0.717, 1.165) is 7.05 Å². The molecule has 154 valence electrons. The maximum atomic E-state index is 12.2. The van der Waals surface area contributed by atoms with Crippen molar-refractivity contribution in [1.82, 2.24) is 21.1 Å². The molecular formula is C13H24N6O8. The lowest BCUT2D eigenvalue weighted by Crippen LogP contribution is -2.59. The van der Waals surface area contributed by atoms with Crippen LogP contribution in [0.4, 0.5) is 4.79 Å². The number of aliphatic hydroxyl groups excluding tert-OH is 2. The number of urea groups is 1. The van der Waals surface area contributed by atoms with Crippen molar-refractivity contribution in [2.45, 2.75) is 37.6 Å². The molecule has 0 aromatic rings. The van der Waals surface area contributed by atoms with Crippen LogP contribution in [0.25, 0.3) is 0 Å². The average molecular weight is 392 g/mol. The minimum atomic E-state index is -1.64. The number of nitrogens with two attached hydrogens (primary N) is 2. The molecule has 0 heterocycles. The highest BCUT2D eigenvalue weighted by atomic mass is 16.4. The summed E-state index contributed by atoms with van der Waals surface area (Å²) in [5.74, 6) is -4.39. The number of carboxylic acids is 1. The van der Waals surface area contributed by atoms with E-state index in [1.54, 1.807) is 0 Å². The molecule has 14 heteroatoms. The monoisotopic (exact) mass is 392 g/mol. The maximum absolute atomic E-state index is 12.2. The van der Waals surface area contributed by atoms with Crippen molar-refractivity contribution in [3.63, 3.8) is 0 Å². The molecule has 0 aromatic carbocycles. The summed E-state index contributed by atoms with van der Waals surface area (Å²) in [4.78, 5) is 57.7. The second-order valence-electron chi connectivity index (χ2n) is 5.55. The van der Waals surface area contributed by atoms with Crippen LogP contribution in [0.3, 0.4) is 0 Å². The zero-order chi connectivity index (χ0) is 21.3. The molecule has 0 rings (SSSR count). The van der Waals surface area contributed by atoms with Gasteiger partial charge in [0.05, 0.1) is 19.1 Å². The second-order valence-corrected chi connectivity index (χ2v) is 5.55. The summed E-state index contributed by atoms with van der Waals surface area (Å²) in [6.07, 6.45) is -1.87. The fraction of sp³-hybridized carbons (Fsp3) is 0.615. The van der Waals surface area contributed by atoms with Crippen molar-refractivity contribution in [3.8, 4) is 0 Å². The Labute approximate surface area is 153 Å². The molecule has 0 aliphatic heterocycles. The number of carboxylic acid groups (broad SMARTS) is 1. The van der Waals surface area contributed by atoms with Crippen molar-refractivity contribution in [2.75, 3.05) is 13.7 Å². The van der Waals surface area contributed by atoms with Gasteiger partial charge in [-0.05, 0) is 6.92 Å². The van der Waals surface area contributed by atoms with Crippen LogP contribution >= 0.6 is 0 Å². The van der Waals surface area contributed by atoms with E-state index in [1.165, 1.54) is 6.92 Å². The molecular weight excluding hydrogens is 368 g/mol. The highest BCUT2D eigenvalue weighted by Crippen LogP contribution is 1.97. The van der Waals surface area contributed by atoms with Gasteiger partial charge < -0.3 is 37.4 Å². The zero-order valence-electron chi connectivity index (χ0n) is 14.7. The molecule has 0 radical (unpaired) electrons. The van der Waals surface area contributed by atoms with Gasteiger partial charge in [-0.2, -0.15) is 0 Å². The van der Waals surface area contributed by atoms with Gasteiger partial charge in [-0.15, -0.1) is 0 Å². The van der Waals surface area contributed by atoms with Gasteiger partial charge >= 0.3 is 12.0 Å².